The number of nitrogen functional groups attached to an aromatic ring is 1. The third-order valence-corrected chi connectivity index (χ3v) is 6.16. The maximum atomic E-state index is 12.8. The largest absolute Gasteiger partial charge is 0.397 e. The van der Waals surface area contributed by atoms with E-state index in [9.17, 15) is 4.79 Å². The first-order valence-corrected chi connectivity index (χ1v) is 9.96. The molecule has 140 valence electrons. The quantitative estimate of drug-likeness (QED) is 0.433. The van der Waals surface area contributed by atoms with Crippen molar-refractivity contribution in [1.29, 1.82) is 0 Å². The van der Waals surface area contributed by atoms with Gasteiger partial charge < -0.3 is 11.1 Å². The van der Waals surface area contributed by atoms with Crippen LogP contribution in [-0.2, 0) is 0 Å². The van der Waals surface area contributed by atoms with Gasteiger partial charge in [0.15, 0.2) is 0 Å². The lowest BCUT2D eigenvalue weighted by Gasteiger charge is -2.09. The SMILES string of the molecule is Cc1cccc(NC(=O)c2sc3nc(-c4ccc(Cl)cc4)ccc3c2N)c1C. The standard InChI is InChI=1S/C22H18ClN3OS/c1-12-4-3-5-17(13(12)2)25-21(27)20-19(24)16-10-11-18(26-22(16)28-20)14-6-8-15(23)9-7-14/h3-11H,24H2,1-2H3,(H,25,27). The Morgan fingerprint density at radius 1 is 1.07 bits per heavy atom. The van der Waals surface area contributed by atoms with Gasteiger partial charge in [-0.05, 0) is 55.3 Å². The number of carbonyl (C=O) groups excluding carboxylic acids is 1. The molecule has 28 heavy (non-hydrogen) atoms. The summed E-state index contributed by atoms with van der Waals surface area (Å²) in [5, 5.41) is 4.43. The predicted octanol–water partition coefficient (Wildman–Crippen LogP) is 6.07. The van der Waals surface area contributed by atoms with Crippen LogP contribution in [0.4, 0.5) is 11.4 Å². The summed E-state index contributed by atoms with van der Waals surface area (Å²) in [4.78, 5) is 18.7. The highest BCUT2D eigenvalue weighted by Gasteiger charge is 2.18. The number of thiophene rings is 1. The zero-order chi connectivity index (χ0) is 19.8. The van der Waals surface area contributed by atoms with Gasteiger partial charge in [0.25, 0.3) is 5.91 Å². The second kappa shape index (κ2) is 7.26. The van der Waals surface area contributed by atoms with E-state index in [1.165, 1.54) is 11.3 Å². The number of halogens is 1. The van der Waals surface area contributed by atoms with Crippen LogP contribution in [0.15, 0.2) is 54.6 Å². The summed E-state index contributed by atoms with van der Waals surface area (Å²) in [5.41, 5.74) is 11.4. The number of pyridine rings is 1. The van der Waals surface area contributed by atoms with E-state index in [0.29, 0.717) is 15.6 Å². The van der Waals surface area contributed by atoms with Gasteiger partial charge in [-0.15, -0.1) is 11.3 Å². The number of hydrogen-bond donors (Lipinski definition) is 2. The van der Waals surface area contributed by atoms with Crippen LogP contribution in [0.2, 0.25) is 5.02 Å². The summed E-state index contributed by atoms with van der Waals surface area (Å²) in [7, 11) is 0. The van der Waals surface area contributed by atoms with Gasteiger partial charge in [0.2, 0.25) is 0 Å². The summed E-state index contributed by atoms with van der Waals surface area (Å²) in [6.07, 6.45) is 0. The molecule has 2 aromatic heterocycles. The molecule has 0 bridgehead atoms. The molecule has 0 saturated heterocycles. The van der Waals surface area contributed by atoms with E-state index in [2.05, 4.69) is 5.32 Å². The number of rotatable bonds is 3. The third-order valence-electron chi connectivity index (χ3n) is 4.79. The minimum Gasteiger partial charge on any atom is -0.397 e. The Morgan fingerprint density at radius 3 is 2.57 bits per heavy atom. The van der Waals surface area contributed by atoms with Crippen LogP contribution in [0.3, 0.4) is 0 Å². The lowest BCUT2D eigenvalue weighted by atomic mass is 10.1. The minimum absolute atomic E-state index is 0.220. The van der Waals surface area contributed by atoms with Crippen molar-refractivity contribution in [1.82, 2.24) is 4.98 Å². The van der Waals surface area contributed by atoms with Crippen LogP contribution in [0.5, 0.6) is 0 Å². The van der Waals surface area contributed by atoms with Gasteiger partial charge in [-0.1, -0.05) is 35.9 Å². The molecule has 0 fully saturated rings. The van der Waals surface area contributed by atoms with Crippen molar-refractivity contribution >= 4 is 50.4 Å². The number of aryl methyl sites for hydroxylation is 1. The van der Waals surface area contributed by atoms with Crippen LogP contribution >= 0.6 is 22.9 Å². The van der Waals surface area contributed by atoms with Crippen molar-refractivity contribution in [3.63, 3.8) is 0 Å². The molecular weight excluding hydrogens is 390 g/mol. The lowest BCUT2D eigenvalue weighted by Crippen LogP contribution is -2.13. The van der Waals surface area contributed by atoms with Crippen molar-refractivity contribution in [3.05, 3.63) is 75.6 Å². The Morgan fingerprint density at radius 2 is 1.82 bits per heavy atom. The molecule has 0 aliphatic carbocycles. The number of nitrogens with one attached hydrogen (secondary N) is 1. The van der Waals surface area contributed by atoms with Gasteiger partial charge in [0.1, 0.15) is 9.71 Å². The van der Waals surface area contributed by atoms with Crippen LogP contribution < -0.4 is 11.1 Å². The fourth-order valence-electron chi connectivity index (χ4n) is 3.01. The number of nitrogens with zero attached hydrogens (tertiary/aromatic N) is 1. The summed E-state index contributed by atoms with van der Waals surface area (Å²) in [6, 6.07) is 17.1. The highest BCUT2D eigenvalue weighted by Crippen LogP contribution is 2.35. The predicted molar refractivity (Wildman–Crippen MR) is 118 cm³/mol. The van der Waals surface area contributed by atoms with Crippen LogP contribution in [0.25, 0.3) is 21.5 Å². The van der Waals surface area contributed by atoms with Gasteiger partial charge >= 0.3 is 0 Å². The first-order chi connectivity index (χ1) is 13.4. The monoisotopic (exact) mass is 407 g/mol. The van der Waals surface area contributed by atoms with Gasteiger partial charge in [-0.25, -0.2) is 4.98 Å². The van der Waals surface area contributed by atoms with E-state index in [1.807, 2.05) is 68.4 Å². The molecule has 0 atom stereocenters. The van der Waals surface area contributed by atoms with Gasteiger partial charge in [0.05, 0.1) is 11.4 Å². The molecule has 1 amide bonds. The Bertz CT molecular complexity index is 1200. The number of carbonyl (C=O) groups is 1. The van der Waals surface area contributed by atoms with E-state index >= 15 is 0 Å². The molecule has 0 unspecified atom stereocenters. The number of benzene rings is 2. The number of anilines is 2. The highest BCUT2D eigenvalue weighted by molar-refractivity contribution is 7.21. The molecule has 4 nitrogen and oxygen atoms in total. The lowest BCUT2D eigenvalue weighted by molar-refractivity contribution is 0.103. The number of hydrogen-bond acceptors (Lipinski definition) is 4. The first kappa shape index (κ1) is 18.5. The second-order valence-electron chi connectivity index (χ2n) is 6.60. The molecule has 3 N–H and O–H groups in total. The van der Waals surface area contributed by atoms with Gasteiger partial charge in [-0.2, -0.15) is 0 Å². The van der Waals surface area contributed by atoms with E-state index in [1.54, 1.807) is 0 Å². The number of amides is 1. The van der Waals surface area contributed by atoms with E-state index in [0.717, 1.165) is 38.3 Å². The Hall–Kier alpha value is -2.89. The maximum Gasteiger partial charge on any atom is 0.267 e. The average molecular weight is 408 g/mol. The Labute approximate surface area is 172 Å². The van der Waals surface area contributed by atoms with E-state index in [4.69, 9.17) is 22.3 Å². The highest BCUT2D eigenvalue weighted by atomic mass is 35.5. The number of fused-ring (bicyclic) bond motifs is 1. The fourth-order valence-corrected chi connectivity index (χ4v) is 4.13. The fraction of sp³-hybridized carbons (Fsp3) is 0.0909. The molecule has 2 heterocycles. The second-order valence-corrected chi connectivity index (χ2v) is 8.04. The summed E-state index contributed by atoms with van der Waals surface area (Å²) >= 11 is 7.26. The topological polar surface area (TPSA) is 68.0 Å². The van der Waals surface area contributed by atoms with Crippen molar-refractivity contribution in [2.24, 2.45) is 0 Å². The van der Waals surface area contributed by atoms with Crippen molar-refractivity contribution in [2.75, 3.05) is 11.1 Å². The summed E-state index contributed by atoms with van der Waals surface area (Å²) in [6.45, 7) is 4.00. The number of nitrogens with two attached hydrogens (primary N) is 1. The van der Waals surface area contributed by atoms with E-state index < -0.39 is 0 Å². The van der Waals surface area contributed by atoms with Crippen LogP contribution in [0, 0.1) is 13.8 Å². The van der Waals surface area contributed by atoms with Crippen LogP contribution in [0.1, 0.15) is 20.8 Å². The van der Waals surface area contributed by atoms with Crippen molar-refractivity contribution < 1.29 is 4.79 Å². The molecule has 0 aliphatic rings. The molecule has 0 radical (unpaired) electrons. The molecule has 2 aromatic carbocycles. The summed E-state index contributed by atoms with van der Waals surface area (Å²) < 4.78 is 0. The minimum atomic E-state index is -0.220. The molecule has 4 aromatic rings. The third kappa shape index (κ3) is 3.35. The molecule has 0 aliphatic heterocycles. The van der Waals surface area contributed by atoms with Crippen LogP contribution in [-0.4, -0.2) is 10.9 Å². The Kier molecular flexibility index (Phi) is 4.79. The van der Waals surface area contributed by atoms with Gasteiger partial charge in [-0.3, -0.25) is 4.79 Å². The van der Waals surface area contributed by atoms with E-state index in [-0.39, 0.29) is 5.91 Å². The molecule has 0 saturated carbocycles. The molecule has 0 spiro atoms. The van der Waals surface area contributed by atoms with Crippen molar-refractivity contribution in [3.8, 4) is 11.3 Å². The molecular formula is C22H18ClN3OS. The zero-order valence-corrected chi connectivity index (χ0v) is 17.0. The normalized spacial score (nSPS) is 11.0. The Balaban J connectivity index is 1.69. The van der Waals surface area contributed by atoms with Gasteiger partial charge in [0, 0.05) is 21.7 Å². The first-order valence-electron chi connectivity index (χ1n) is 8.76. The molecule has 6 heteroatoms. The average Bonchev–Trinajstić information content (AvgIpc) is 3.02. The summed E-state index contributed by atoms with van der Waals surface area (Å²) in [5.74, 6) is -0.220. The number of aromatic nitrogens is 1. The maximum absolute atomic E-state index is 12.8. The smallest absolute Gasteiger partial charge is 0.267 e. The van der Waals surface area contributed by atoms with Crippen molar-refractivity contribution in [2.45, 2.75) is 13.8 Å². The zero-order valence-electron chi connectivity index (χ0n) is 15.4. The molecule has 4 rings (SSSR count).